The molecule has 0 atom stereocenters. The van der Waals surface area contributed by atoms with Crippen molar-refractivity contribution in [1.29, 1.82) is 0 Å². The van der Waals surface area contributed by atoms with Crippen LogP contribution in [0.5, 0.6) is 11.5 Å². The van der Waals surface area contributed by atoms with Gasteiger partial charge in [0.25, 0.3) is 0 Å². The topological polar surface area (TPSA) is 78.0 Å². The second-order valence-corrected chi connectivity index (χ2v) is 8.21. The lowest BCUT2D eigenvalue weighted by Gasteiger charge is -2.20. The minimum absolute atomic E-state index is 0.0116. The quantitative estimate of drug-likeness (QED) is 0.451. The second kappa shape index (κ2) is 10.3. The van der Waals surface area contributed by atoms with Crippen LogP contribution in [0.1, 0.15) is 29.3 Å². The zero-order valence-corrected chi connectivity index (χ0v) is 19.6. The van der Waals surface area contributed by atoms with Crippen LogP contribution < -0.4 is 14.4 Å². The first-order valence-electron chi connectivity index (χ1n) is 10.0. The fourth-order valence-corrected chi connectivity index (χ4v) is 4.02. The highest BCUT2D eigenvalue weighted by Gasteiger charge is 2.20. The van der Waals surface area contributed by atoms with Crippen molar-refractivity contribution in [3.05, 3.63) is 64.2 Å². The SMILES string of the molecule is COc1cc(C)ccc1OCC(=O)OCc1csc(N(C(C)=O)c2ccc(C)cc2C)n1. The highest BCUT2D eigenvalue weighted by molar-refractivity contribution is 7.14. The van der Waals surface area contributed by atoms with Crippen LogP contribution in [0.15, 0.2) is 41.8 Å². The Bertz CT molecular complexity index is 1130. The van der Waals surface area contributed by atoms with Gasteiger partial charge in [-0.2, -0.15) is 0 Å². The molecule has 2 aromatic carbocycles. The number of anilines is 2. The summed E-state index contributed by atoms with van der Waals surface area (Å²) in [5.41, 5.74) is 4.46. The molecule has 1 aromatic heterocycles. The smallest absolute Gasteiger partial charge is 0.344 e. The van der Waals surface area contributed by atoms with Crippen LogP contribution >= 0.6 is 11.3 Å². The Labute approximate surface area is 191 Å². The van der Waals surface area contributed by atoms with E-state index in [0.29, 0.717) is 22.3 Å². The second-order valence-electron chi connectivity index (χ2n) is 7.37. The van der Waals surface area contributed by atoms with Gasteiger partial charge in [-0.05, 0) is 50.1 Å². The third-order valence-electron chi connectivity index (χ3n) is 4.68. The summed E-state index contributed by atoms with van der Waals surface area (Å²) >= 11 is 1.32. The Morgan fingerprint density at radius 1 is 1.03 bits per heavy atom. The first kappa shape index (κ1) is 23.3. The minimum Gasteiger partial charge on any atom is -0.493 e. The third-order valence-corrected chi connectivity index (χ3v) is 5.56. The van der Waals surface area contributed by atoms with Crippen LogP contribution in [0.4, 0.5) is 10.8 Å². The molecule has 0 unspecified atom stereocenters. The molecule has 0 bridgehead atoms. The number of hydrogen-bond donors (Lipinski definition) is 0. The van der Waals surface area contributed by atoms with Crippen molar-refractivity contribution in [1.82, 2.24) is 4.98 Å². The highest BCUT2D eigenvalue weighted by Crippen LogP contribution is 2.32. The number of aromatic nitrogens is 1. The van der Waals surface area contributed by atoms with E-state index in [1.54, 1.807) is 23.5 Å². The molecule has 0 saturated heterocycles. The van der Waals surface area contributed by atoms with Crippen LogP contribution in [0.3, 0.4) is 0 Å². The number of benzene rings is 2. The lowest BCUT2D eigenvalue weighted by molar-refractivity contribution is -0.147. The molecule has 168 valence electrons. The summed E-state index contributed by atoms with van der Waals surface area (Å²) in [6.45, 7) is 7.13. The summed E-state index contributed by atoms with van der Waals surface area (Å²) in [7, 11) is 1.54. The van der Waals surface area contributed by atoms with Crippen molar-refractivity contribution in [3.63, 3.8) is 0 Å². The van der Waals surface area contributed by atoms with Crippen molar-refractivity contribution < 1.29 is 23.8 Å². The van der Waals surface area contributed by atoms with Gasteiger partial charge in [-0.25, -0.2) is 9.78 Å². The number of rotatable bonds is 8. The summed E-state index contributed by atoms with van der Waals surface area (Å²) in [4.78, 5) is 30.5. The summed E-state index contributed by atoms with van der Waals surface area (Å²) in [6, 6.07) is 11.3. The molecule has 3 rings (SSSR count). The van der Waals surface area contributed by atoms with Crippen molar-refractivity contribution in [3.8, 4) is 11.5 Å². The van der Waals surface area contributed by atoms with E-state index in [0.717, 1.165) is 22.4 Å². The van der Waals surface area contributed by atoms with Crippen molar-refractivity contribution in [2.75, 3.05) is 18.6 Å². The standard InChI is InChI=1S/C24H26N2O5S/c1-15-6-8-20(17(3)10-15)26(18(4)27)24-25-19(14-32-24)12-31-23(28)13-30-21-9-7-16(2)11-22(21)29-5/h6-11,14H,12-13H2,1-5H3. The van der Waals surface area contributed by atoms with E-state index in [9.17, 15) is 9.59 Å². The van der Waals surface area contributed by atoms with E-state index in [4.69, 9.17) is 14.2 Å². The first-order chi connectivity index (χ1) is 15.3. The molecule has 1 heterocycles. The Kier molecular flexibility index (Phi) is 7.48. The average molecular weight is 455 g/mol. The van der Waals surface area contributed by atoms with Crippen molar-refractivity contribution in [2.24, 2.45) is 0 Å². The Morgan fingerprint density at radius 2 is 1.75 bits per heavy atom. The van der Waals surface area contributed by atoms with Crippen LogP contribution in [0, 0.1) is 20.8 Å². The number of amides is 1. The maximum atomic E-state index is 12.3. The molecule has 0 aliphatic heterocycles. The molecular formula is C24H26N2O5S. The first-order valence-corrected chi connectivity index (χ1v) is 10.9. The fraction of sp³-hybridized carbons (Fsp3) is 0.292. The van der Waals surface area contributed by atoms with E-state index < -0.39 is 5.97 Å². The summed E-state index contributed by atoms with van der Waals surface area (Å²) < 4.78 is 16.1. The van der Waals surface area contributed by atoms with Gasteiger partial charge >= 0.3 is 5.97 Å². The van der Waals surface area contributed by atoms with Gasteiger partial charge in [0.05, 0.1) is 18.5 Å². The summed E-state index contributed by atoms with van der Waals surface area (Å²) in [5, 5.41) is 2.29. The lowest BCUT2D eigenvalue weighted by atomic mass is 10.1. The minimum atomic E-state index is -0.528. The molecule has 0 N–H and O–H groups in total. The molecule has 0 aliphatic rings. The average Bonchev–Trinajstić information content (AvgIpc) is 3.21. The number of esters is 1. The maximum Gasteiger partial charge on any atom is 0.344 e. The zero-order chi connectivity index (χ0) is 23.3. The molecule has 0 fully saturated rings. The van der Waals surface area contributed by atoms with E-state index in [-0.39, 0.29) is 19.1 Å². The van der Waals surface area contributed by atoms with Crippen molar-refractivity contribution in [2.45, 2.75) is 34.3 Å². The molecule has 0 spiro atoms. The van der Waals surface area contributed by atoms with Gasteiger partial charge in [0.15, 0.2) is 23.2 Å². The molecule has 32 heavy (non-hydrogen) atoms. The molecule has 3 aromatic rings. The zero-order valence-electron chi connectivity index (χ0n) is 18.8. The summed E-state index contributed by atoms with van der Waals surface area (Å²) in [5.74, 6) is 0.351. The lowest BCUT2D eigenvalue weighted by Crippen LogP contribution is -2.23. The van der Waals surface area contributed by atoms with E-state index in [1.165, 1.54) is 18.3 Å². The van der Waals surface area contributed by atoms with E-state index in [1.807, 2.05) is 51.1 Å². The number of aryl methyl sites for hydroxylation is 3. The van der Waals surface area contributed by atoms with Gasteiger partial charge in [-0.3, -0.25) is 9.69 Å². The molecule has 0 aliphatic carbocycles. The molecular weight excluding hydrogens is 428 g/mol. The third kappa shape index (κ3) is 5.64. The maximum absolute atomic E-state index is 12.3. The largest absolute Gasteiger partial charge is 0.493 e. The number of ether oxygens (including phenoxy) is 3. The predicted octanol–water partition coefficient (Wildman–Crippen LogP) is 4.88. The number of carbonyl (C=O) groups is 2. The number of hydrogen-bond acceptors (Lipinski definition) is 7. The van der Waals surface area contributed by atoms with Crippen LogP contribution in [0.2, 0.25) is 0 Å². The predicted molar refractivity (Wildman–Crippen MR) is 124 cm³/mol. The van der Waals surface area contributed by atoms with Gasteiger partial charge in [-0.1, -0.05) is 23.8 Å². The number of nitrogens with zero attached hydrogens (tertiary/aromatic N) is 2. The van der Waals surface area contributed by atoms with E-state index >= 15 is 0 Å². The monoisotopic (exact) mass is 454 g/mol. The highest BCUT2D eigenvalue weighted by atomic mass is 32.1. The molecule has 1 amide bonds. The number of carbonyl (C=O) groups excluding carboxylic acids is 2. The van der Waals surface area contributed by atoms with Gasteiger partial charge in [0.2, 0.25) is 5.91 Å². The van der Waals surface area contributed by atoms with Crippen LogP contribution in [0.25, 0.3) is 0 Å². The normalized spacial score (nSPS) is 10.5. The number of thiazole rings is 1. The van der Waals surface area contributed by atoms with Crippen LogP contribution in [-0.2, 0) is 20.9 Å². The van der Waals surface area contributed by atoms with Gasteiger partial charge < -0.3 is 14.2 Å². The van der Waals surface area contributed by atoms with Crippen molar-refractivity contribution >= 4 is 34.0 Å². The van der Waals surface area contributed by atoms with Gasteiger partial charge in [0, 0.05) is 12.3 Å². The Morgan fingerprint density at radius 3 is 2.44 bits per heavy atom. The number of methoxy groups -OCH3 is 1. The van der Waals surface area contributed by atoms with E-state index in [2.05, 4.69) is 4.98 Å². The van der Waals surface area contributed by atoms with Gasteiger partial charge in [0.1, 0.15) is 6.61 Å². The molecule has 8 heteroatoms. The fourth-order valence-electron chi connectivity index (χ4n) is 3.16. The molecule has 7 nitrogen and oxygen atoms in total. The molecule has 0 saturated carbocycles. The van der Waals surface area contributed by atoms with Crippen LogP contribution in [-0.4, -0.2) is 30.6 Å². The summed E-state index contributed by atoms with van der Waals surface area (Å²) in [6.07, 6.45) is 0. The van der Waals surface area contributed by atoms with Gasteiger partial charge in [-0.15, -0.1) is 11.3 Å². The molecule has 0 radical (unpaired) electrons. The Hall–Kier alpha value is -3.39. The Balaban J connectivity index is 1.62.